The Kier molecular flexibility index (Phi) is 5.23. The van der Waals surface area contributed by atoms with Crippen molar-refractivity contribution in [1.29, 1.82) is 0 Å². The molecule has 0 spiro atoms. The molecule has 2 aromatic carbocycles. The maximum absolute atomic E-state index is 12.9. The van der Waals surface area contributed by atoms with E-state index in [4.69, 9.17) is 0 Å². The molecule has 0 atom stereocenters. The predicted molar refractivity (Wildman–Crippen MR) is 98.9 cm³/mol. The van der Waals surface area contributed by atoms with Crippen LogP contribution in [-0.2, 0) is 11.0 Å². The first-order chi connectivity index (χ1) is 12.4. The van der Waals surface area contributed by atoms with E-state index in [2.05, 4.69) is 5.32 Å². The van der Waals surface area contributed by atoms with Crippen molar-refractivity contribution in [3.63, 3.8) is 0 Å². The Bertz CT molecular complexity index is 929. The molecule has 0 unspecified atom stereocenters. The normalized spacial score (nSPS) is 11.7. The summed E-state index contributed by atoms with van der Waals surface area (Å²) in [7, 11) is 0. The molecule has 0 saturated heterocycles. The SMILES string of the molecule is O=C(/C=C/c1cc(-c2ccccc2)cs1)Nc1ccccc1C(F)(F)F. The van der Waals surface area contributed by atoms with Crippen molar-refractivity contribution in [2.45, 2.75) is 6.18 Å². The Morgan fingerprint density at radius 3 is 2.38 bits per heavy atom. The number of para-hydroxylation sites is 1. The standard InChI is InChI=1S/C20H14F3NOS/c21-20(22,23)17-8-4-5-9-18(17)24-19(25)11-10-16-12-15(13-26-16)14-6-2-1-3-7-14/h1-13H,(H,24,25)/b11-10+. The predicted octanol–water partition coefficient (Wildman–Crippen LogP) is 6.09. The van der Waals surface area contributed by atoms with Gasteiger partial charge in [0.25, 0.3) is 0 Å². The van der Waals surface area contributed by atoms with Gasteiger partial charge in [-0.1, -0.05) is 42.5 Å². The highest BCUT2D eigenvalue weighted by molar-refractivity contribution is 7.11. The first-order valence-electron chi connectivity index (χ1n) is 7.73. The molecular formula is C20H14F3NOS. The summed E-state index contributed by atoms with van der Waals surface area (Å²) in [5.41, 5.74) is 0.958. The monoisotopic (exact) mass is 373 g/mol. The van der Waals surface area contributed by atoms with Gasteiger partial charge in [-0.25, -0.2) is 0 Å². The van der Waals surface area contributed by atoms with E-state index in [1.807, 2.05) is 41.8 Å². The zero-order valence-corrected chi connectivity index (χ0v) is 14.3. The van der Waals surface area contributed by atoms with Gasteiger partial charge in [-0.05, 0) is 40.8 Å². The second-order valence-electron chi connectivity index (χ2n) is 5.47. The molecule has 0 aliphatic heterocycles. The lowest BCUT2D eigenvalue weighted by Crippen LogP contribution is -2.14. The van der Waals surface area contributed by atoms with Crippen LogP contribution in [0.2, 0.25) is 0 Å². The average molecular weight is 373 g/mol. The van der Waals surface area contributed by atoms with Crippen LogP contribution in [0.3, 0.4) is 0 Å². The van der Waals surface area contributed by atoms with E-state index in [1.165, 1.54) is 35.6 Å². The van der Waals surface area contributed by atoms with Gasteiger partial charge in [0.2, 0.25) is 5.91 Å². The number of benzene rings is 2. The van der Waals surface area contributed by atoms with Gasteiger partial charge < -0.3 is 5.32 Å². The molecule has 2 nitrogen and oxygen atoms in total. The number of nitrogens with one attached hydrogen (secondary N) is 1. The summed E-state index contributed by atoms with van der Waals surface area (Å²) in [4.78, 5) is 12.8. The molecule has 0 radical (unpaired) electrons. The van der Waals surface area contributed by atoms with E-state index < -0.39 is 17.6 Å². The first-order valence-corrected chi connectivity index (χ1v) is 8.61. The van der Waals surface area contributed by atoms with E-state index in [0.717, 1.165) is 22.1 Å². The van der Waals surface area contributed by atoms with Crippen LogP contribution in [0.5, 0.6) is 0 Å². The molecule has 0 aliphatic carbocycles. The van der Waals surface area contributed by atoms with E-state index in [1.54, 1.807) is 6.08 Å². The van der Waals surface area contributed by atoms with Gasteiger partial charge in [-0.15, -0.1) is 11.3 Å². The number of hydrogen-bond donors (Lipinski definition) is 1. The molecule has 26 heavy (non-hydrogen) atoms. The highest BCUT2D eigenvalue weighted by Gasteiger charge is 2.33. The molecule has 1 aromatic heterocycles. The van der Waals surface area contributed by atoms with Gasteiger partial charge in [0, 0.05) is 11.0 Å². The second-order valence-corrected chi connectivity index (χ2v) is 6.41. The summed E-state index contributed by atoms with van der Waals surface area (Å²) in [6, 6.07) is 16.6. The fraction of sp³-hybridized carbons (Fsp3) is 0.0500. The Hall–Kier alpha value is -2.86. The molecule has 1 heterocycles. The zero-order valence-electron chi connectivity index (χ0n) is 13.5. The van der Waals surface area contributed by atoms with Crippen molar-refractivity contribution in [2.75, 3.05) is 5.32 Å². The average Bonchev–Trinajstić information content (AvgIpc) is 3.09. The summed E-state index contributed by atoms with van der Waals surface area (Å²) in [6.07, 6.45) is -1.71. The maximum atomic E-state index is 12.9. The van der Waals surface area contributed by atoms with Gasteiger partial charge in [-0.3, -0.25) is 4.79 Å². The largest absolute Gasteiger partial charge is 0.418 e. The number of thiophene rings is 1. The third kappa shape index (κ3) is 4.40. The topological polar surface area (TPSA) is 29.1 Å². The molecule has 0 fully saturated rings. The van der Waals surface area contributed by atoms with Crippen molar-refractivity contribution in [2.24, 2.45) is 0 Å². The highest BCUT2D eigenvalue weighted by atomic mass is 32.1. The lowest BCUT2D eigenvalue weighted by molar-refractivity contribution is -0.136. The van der Waals surface area contributed by atoms with Crippen LogP contribution >= 0.6 is 11.3 Å². The molecule has 0 aliphatic rings. The fourth-order valence-electron chi connectivity index (χ4n) is 2.39. The quantitative estimate of drug-likeness (QED) is 0.551. The maximum Gasteiger partial charge on any atom is 0.418 e. The molecular weight excluding hydrogens is 359 g/mol. The second kappa shape index (κ2) is 7.58. The molecule has 3 rings (SSSR count). The molecule has 0 bridgehead atoms. The molecule has 3 aromatic rings. The molecule has 0 saturated carbocycles. The van der Waals surface area contributed by atoms with E-state index in [9.17, 15) is 18.0 Å². The van der Waals surface area contributed by atoms with Gasteiger partial charge in [0.15, 0.2) is 0 Å². The highest BCUT2D eigenvalue weighted by Crippen LogP contribution is 2.34. The van der Waals surface area contributed by atoms with Crippen LogP contribution in [0.4, 0.5) is 18.9 Å². The van der Waals surface area contributed by atoms with Crippen molar-refractivity contribution < 1.29 is 18.0 Å². The number of halogens is 3. The van der Waals surface area contributed by atoms with Crippen LogP contribution in [0.25, 0.3) is 17.2 Å². The van der Waals surface area contributed by atoms with E-state index in [-0.39, 0.29) is 5.69 Å². The van der Waals surface area contributed by atoms with Crippen molar-refractivity contribution in [3.05, 3.63) is 82.6 Å². The van der Waals surface area contributed by atoms with Gasteiger partial charge >= 0.3 is 6.18 Å². The van der Waals surface area contributed by atoms with Gasteiger partial charge in [0.05, 0.1) is 11.3 Å². The minimum absolute atomic E-state index is 0.259. The minimum atomic E-state index is -4.52. The smallest absolute Gasteiger partial charge is 0.322 e. The summed E-state index contributed by atoms with van der Waals surface area (Å²) < 4.78 is 38.8. The van der Waals surface area contributed by atoms with E-state index in [0.29, 0.717) is 0 Å². The molecule has 1 N–H and O–H groups in total. The van der Waals surface area contributed by atoms with Crippen molar-refractivity contribution in [1.82, 2.24) is 0 Å². The molecule has 132 valence electrons. The van der Waals surface area contributed by atoms with Crippen LogP contribution in [0, 0.1) is 0 Å². The Morgan fingerprint density at radius 1 is 0.962 bits per heavy atom. The fourth-order valence-corrected chi connectivity index (χ4v) is 3.20. The van der Waals surface area contributed by atoms with Crippen molar-refractivity contribution in [3.8, 4) is 11.1 Å². The van der Waals surface area contributed by atoms with E-state index >= 15 is 0 Å². The Balaban J connectivity index is 1.71. The van der Waals surface area contributed by atoms with Gasteiger partial charge in [0.1, 0.15) is 0 Å². The van der Waals surface area contributed by atoms with Crippen LogP contribution in [0.15, 0.2) is 72.1 Å². The third-order valence-corrected chi connectivity index (χ3v) is 4.51. The summed E-state index contributed by atoms with van der Waals surface area (Å²) >= 11 is 1.45. The number of carbonyl (C=O) groups excluding carboxylic acids is 1. The Morgan fingerprint density at radius 2 is 1.65 bits per heavy atom. The number of rotatable bonds is 4. The van der Waals surface area contributed by atoms with Crippen LogP contribution < -0.4 is 5.32 Å². The number of carbonyl (C=O) groups is 1. The van der Waals surface area contributed by atoms with Gasteiger partial charge in [-0.2, -0.15) is 13.2 Å². The summed E-state index contributed by atoms with van der Waals surface area (Å²) in [5.74, 6) is -0.614. The number of anilines is 1. The number of amides is 1. The third-order valence-electron chi connectivity index (χ3n) is 3.62. The summed E-state index contributed by atoms with van der Waals surface area (Å²) in [5, 5.41) is 4.25. The number of alkyl halides is 3. The first kappa shape index (κ1) is 17.9. The molecule has 6 heteroatoms. The minimum Gasteiger partial charge on any atom is -0.322 e. The van der Waals surface area contributed by atoms with Crippen molar-refractivity contribution >= 4 is 29.0 Å². The van der Waals surface area contributed by atoms with Crippen LogP contribution in [-0.4, -0.2) is 5.91 Å². The molecule has 1 amide bonds. The summed E-state index contributed by atoms with van der Waals surface area (Å²) in [6.45, 7) is 0. The van der Waals surface area contributed by atoms with Crippen LogP contribution in [0.1, 0.15) is 10.4 Å². The lowest BCUT2D eigenvalue weighted by Gasteiger charge is -2.12. The number of hydrogen-bond acceptors (Lipinski definition) is 2. The lowest BCUT2D eigenvalue weighted by atomic mass is 10.1. The Labute approximate surface area is 152 Å². The zero-order chi connectivity index (χ0) is 18.6.